The summed E-state index contributed by atoms with van der Waals surface area (Å²) in [5.41, 5.74) is 2.99. The van der Waals surface area contributed by atoms with E-state index in [1.807, 2.05) is 27.1 Å². The summed E-state index contributed by atoms with van der Waals surface area (Å²) in [5, 5.41) is 6.64. The van der Waals surface area contributed by atoms with Gasteiger partial charge in [-0.15, -0.1) is 0 Å². The Hall–Kier alpha value is 0.0700. The SMILES string of the molecule is Clc1cc(Br)c2c(-c3cnn(C4CCCCO4)c3)cn(SI)c2c1Cl. The van der Waals surface area contributed by atoms with Crippen molar-refractivity contribution in [1.82, 2.24) is 13.8 Å². The van der Waals surface area contributed by atoms with Gasteiger partial charge in [-0.1, -0.05) is 39.1 Å². The summed E-state index contributed by atoms with van der Waals surface area (Å²) < 4.78 is 10.7. The summed E-state index contributed by atoms with van der Waals surface area (Å²) in [5.74, 6) is 0. The molecule has 4 rings (SSSR count). The summed E-state index contributed by atoms with van der Waals surface area (Å²) in [6.45, 7) is 0.796. The summed E-state index contributed by atoms with van der Waals surface area (Å²) in [7, 11) is 1.55. The van der Waals surface area contributed by atoms with Gasteiger partial charge in [-0.3, -0.25) is 3.97 Å². The highest BCUT2D eigenvalue weighted by molar-refractivity contribution is 14.2. The van der Waals surface area contributed by atoms with Crippen LogP contribution in [0.15, 0.2) is 29.1 Å². The van der Waals surface area contributed by atoms with E-state index in [2.05, 4.69) is 48.4 Å². The third kappa shape index (κ3) is 3.36. The van der Waals surface area contributed by atoms with Crippen molar-refractivity contribution in [2.45, 2.75) is 25.5 Å². The molecule has 1 atom stereocenters. The maximum absolute atomic E-state index is 6.48. The van der Waals surface area contributed by atoms with Crippen molar-refractivity contribution in [1.29, 1.82) is 0 Å². The van der Waals surface area contributed by atoms with Crippen LogP contribution in [-0.2, 0) is 4.74 Å². The molecule has 2 aromatic heterocycles. The van der Waals surface area contributed by atoms with E-state index in [-0.39, 0.29) is 6.23 Å². The third-order valence-corrected chi connectivity index (χ3v) is 7.43. The number of fused-ring (bicyclic) bond motifs is 1. The van der Waals surface area contributed by atoms with Crippen LogP contribution in [0, 0.1) is 0 Å². The van der Waals surface area contributed by atoms with Gasteiger partial charge < -0.3 is 4.74 Å². The fraction of sp³-hybridized carbons (Fsp3) is 0.312. The highest BCUT2D eigenvalue weighted by Crippen LogP contribution is 2.44. The minimum Gasteiger partial charge on any atom is -0.357 e. The second-order valence-electron chi connectivity index (χ2n) is 5.85. The van der Waals surface area contributed by atoms with Gasteiger partial charge in [-0.25, -0.2) is 4.68 Å². The van der Waals surface area contributed by atoms with Gasteiger partial charge in [0.15, 0.2) is 0 Å². The molecular formula is C16H13BrCl2IN3OS. The number of aromatic nitrogens is 3. The smallest absolute Gasteiger partial charge is 0.150 e. The Labute approximate surface area is 180 Å². The second-order valence-corrected chi connectivity index (χ2v) is 9.20. The molecule has 3 aromatic rings. The lowest BCUT2D eigenvalue weighted by Gasteiger charge is -2.22. The highest BCUT2D eigenvalue weighted by Gasteiger charge is 2.21. The average molecular weight is 573 g/mol. The first kappa shape index (κ1) is 18.4. The molecule has 0 amide bonds. The number of hydrogen-bond acceptors (Lipinski definition) is 3. The van der Waals surface area contributed by atoms with E-state index >= 15 is 0 Å². The predicted molar refractivity (Wildman–Crippen MR) is 117 cm³/mol. The molecule has 1 fully saturated rings. The van der Waals surface area contributed by atoms with E-state index in [1.54, 1.807) is 9.12 Å². The minimum absolute atomic E-state index is 0.0243. The van der Waals surface area contributed by atoms with Crippen LogP contribution in [0.5, 0.6) is 0 Å². The van der Waals surface area contributed by atoms with Crippen molar-refractivity contribution >= 4 is 80.4 Å². The first-order valence-corrected chi connectivity index (χ1v) is 12.6. The third-order valence-electron chi connectivity index (χ3n) is 4.32. The normalized spacial score (nSPS) is 18.2. The molecule has 3 heterocycles. The number of nitrogens with zero attached hydrogens (tertiary/aromatic N) is 3. The zero-order valence-electron chi connectivity index (χ0n) is 12.9. The highest BCUT2D eigenvalue weighted by atomic mass is 127. The van der Waals surface area contributed by atoms with Gasteiger partial charge in [-0.05, 0) is 25.3 Å². The van der Waals surface area contributed by atoms with E-state index in [4.69, 9.17) is 27.9 Å². The summed E-state index contributed by atoms with van der Waals surface area (Å²) >= 11 is 18.6. The maximum Gasteiger partial charge on any atom is 0.150 e. The molecule has 9 heteroatoms. The van der Waals surface area contributed by atoms with Crippen LogP contribution in [0.2, 0.25) is 10.0 Å². The molecule has 25 heavy (non-hydrogen) atoms. The minimum atomic E-state index is 0.0243. The summed E-state index contributed by atoms with van der Waals surface area (Å²) in [6, 6.07) is 1.84. The van der Waals surface area contributed by atoms with Crippen LogP contribution in [0.25, 0.3) is 22.0 Å². The Bertz CT molecular complexity index is 939. The fourth-order valence-corrected chi connectivity index (χ4v) is 5.71. The van der Waals surface area contributed by atoms with Crippen molar-refractivity contribution in [2.75, 3.05) is 6.61 Å². The summed E-state index contributed by atoms with van der Waals surface area (Å²) in [6.07, 6.45) is 9.30. The molecular weight excluding hydrogens is 560 g/mol. The quantitative estimate of drug-likeness (QED) is 0.247. The largest absolute Gasteiger partial charge is 0.357 e. The molecule has 132 valence electrons. The Morgan fingerprint density at radius 3 is 2.88 bits per heavy atom. The van der Waals surface area contributed by atoms with Crippen molar-refractivity contribution in [3.8, 4) is 11.1 Å². The number of hydrogen-bond donors (Lipinski definition) is 0. The molecule has 0 saturated carbocycles. The molecule has 0 N–H and O–H groups in total. The molecule has 1 aliphatic heterocycles. The Morgan fingerprint density at radius 1 is 1.32 bits per heavy atom. The second kappa shape index (κ2) is 7.59. The lowest BCUT2D eigenvalue weighted by molar-refractivity contribution is -0.0394. The monoisotopic (exact) mass is 571 g/mol. The van der Waals surface area contributed by atoms with E-state index < -0.39 is 0 Å². The van der Waals surface area contributed by atoms with Crippen molar-refractivity contribution < 1.29 is 4.74 Å². The predicted octanol–water partition coefficient (Wildman–Crippen LogP) is 7.12. The average Bonchev–Trinajstić information content (AvgIpc) is 3.25. The molecule has 1 aliphatic rings. The Balaban J connectivity index is 1.84. The number of halogens is 4. The first-order chi connectivity index (χ1) is 12.1. The van der Waals surface area contributed by atoms with E-state index in [1.165, 1.54) is 6.42 Å². The standard InChI is InChI=1S/C16H13BrCl2IN3OS/c17-11-5-12(18)15(19)16-14(11)10(8-23(16)25-20)9-6-21-22(7-9)13-3-1-2-4-24-13/h5-8,13H,1-4H2. The number of ether oxygens (including phenoxy) is 1. The molecule has 0 bridgehead atoms. The number of rotatable bonds is 3. The van der Waals surface area contributed by atoms with E-state index in [0.29, 0.717) is 10.0 Å². The van der Waals surface area contributed by atoms with E-state index in [9.17, 15) is 0 Å². The van der Waals surface area contributed by atoms with Crippen LogP contribution in [-0.4, -0.2) is 20.4 Å². The van der Waals surface area contributed by atoms with Crippen molar-refractivity contribution in [3.05, 3.63) is 39.2 Å². The van der Waals surface area contributed by atoms with Crippen LogP contribution < -0.4 is 0 Å². The molecule has 0 radical (unpaired) electrons. The van der Waals surface area contributed by atoms with Crippen molar-refractivity contribution in [3.63, 3.8) is 0 Å². The first-order valence-electron chi connectivity index (χ1n) is 7.74. The Kier molecular flexibility index (Phi) is 5.60. The van der Waals surface area contributed by atoms with Gasteiger partial charge in [-0.2, -0.15) is 5.10 Å². The molecule has 4 nitrogen and oxygen atoms in total. The maximum atomic E-state index is 6.48. The molecule has 0 spiro atoms. The number of benzene rings is 1. The van der Waals surface area contributed by atoms with Gasteiger partial charge in [0.2, 0.25) is 0 Å². The molecule has 1 saturated heterocycles. The van der Waals surface area contributed by atoms with Crippen LogP contribution in [0.4, 0.5) is 0 Å². The fourth-order valence-electron chi connectivity index (χ4n) is 3.13. The van der Waals surface area contributed by atoms with Crippen LogP contribution in [0.3, 0.4) is 0 Å². The lowest BCUT2D eigenvalue weighted by Crippen LogP contribution is -2.18. The zero-order valence-corrected chi connectivity index (χ0v) is 19.0. The lowest BCUT2D eigenvalue weighted by atomic mass is 10.1. The van der Waals surface area contributed by atoms with Crippen LogP contribution in [0.1, 0.15) is 25.5 Å². The summed E-state index contributed by atoms with van der Waals surface area (Å²) in [4.78, 5) is 0. The van der Waals surface area contributed by atoms with Gasteiger partial charge >= 0.3 is 0 Å². The molecule has 0 aliphatic carbocycles. The Morgan fingerprint density at radius 2 is 2.16 bits per heavy atom. The van der Waals surface area contributed by atoms with Gasteiger partial charge in [0.25, 0.3) is 0 Å². The van der Waals surface area contributed by atoms with Gasteiger partial charge in [0.1, 0.15) is 6.23 Å². The van der Waals surface area contributed by atoms with Crippen molar-refractivity contribution in [2.24, 2.45) is 0 Å². The van der Waals surface area contributed by atoms with Crippen LogP contribution >= 0.6 is 69.5 Å². The van der Waals surface area contributed by atoms with E-state index in [0.717, 1.165) is 46.0 Å². The zero-order chi connectivity index (χ0) is 17.6. The van der Waals surface area contributed by atoms with Gasteiger partial charge in [0, 0.05) is 70.3 Å². The molecule has 1 unspecified atom stereocenters. The molecule has 1 aromatic carbocycles. The topological polar surface area (TPSA) is 32.0 Å². The van der Waals surface area contributed by atoms with Gasteiger partial charge in [0.05, 0.1) is 21.8 Å².